The number of hydrogen-bond donors (Lipinski definition) is 1. The summed E-state index contributed by atoms with van der Waals surface area (Å²) < 4.78 is 1.91. The van der Waals surface area contributed by atoms with Gasteiger partial charge in [-0.3, -0.25) is 0 Å². The van der Waals surface area contributed by atoms with Gasteiger partial charge in [-0.25, -0.2) is 9.67 Å². The third-order valence-corrected chi connectivity index (χ3v) is 3.28. The third kappa shape index (κ3) is 3.46. The molecule has 16 heavy (non-hydrogen) atoms. The second-order valence-corrected chi connectivity index (χ2v) is 4.58. The molecule has 1 atom stereocenters. The van der Waals surface area contributed by atoms with E-state index in [2.05, 4.69) is 36.2 Å². The second-order valence-electron chi connectivity index (χ2n) is 4.20. The number of halogens is 1. The summed E-state index contributed by atoms with van der Waals surface area (Å²) in [6.07, 6.45) is 3.62. The van der Waals surface area contributed by atoms with Crippen molar-refractivity contribution in [2.45, 2.75) is 52.2 Å². The lowest BCUT2D eigenvalue weighted by molar-refractivity contribution is 0.324. The topological polar surface area (TPSA) is 42.7 Å². The molecule has 1 N–H and O–H groups in total. The first-order valence-electron chi connectivity index (χ1n) is 5.83. The summed E-state index contributed by atoms with van der Waals surface area (Å²) in [5.74, 6) is 1.66. The highest BCUT2D eigenvalue weighted by molar-refractivity contribution is 6.17. The van der Waals surface area contributed by atoms with Crippen molar-refractivity contribution in [1.29, 1.82) is 0 Å². The molecule has 1 heterocycles. The fourth-order valence-corrected chi connectivity index (χ4v) is 2.00. The molecule has 0 spiro atoms. The van der Waals surface area contributed by atoms with Crippen LogP contribution >= 0.6 is 11.6 Å². The van der Waals surface area contributed by atoms with Gasteiger partial charge >= 0.3 is 0 Å². The first-order chi connectivity index (χ1) is 7.65. The van der Waals surface area contributed by atoms with Crippen molar-refractivity contribution in [1.82, 2.24) is 20.1 Å². The van der Waals surface area contributed by atoms with Crippen LogP contribution in [0, 0.1) is 0 Å². The van der Waals surface area contributed by atoms with E-state index in [-0.39, 0.29) is 5.54 Å². The maximum Gasteiger partial charge on any atom is 0.140 e. The van der Waals surface area contributed by atoms with Crippen molar-refractivity contribution in [3.05, 3.63) is 12.2 Å². The molecular formula is C11H21ClN4. The van der Waals surface area contributed by atoms with Crippen LogP contribution in [0.15, 0.2) is 6.33 Å². The number of aryl methyl sites for hydroxylation is 1. The van der Waals surface area contributed by atoms with Gasteiger partial charge in [0, 0.05) is 18.0 Å². The Labute approximate surface area is 102 Å². The Kier molecular flexibility index (Phi) is 5.22. The normalized spacial score (nSPS) is 15.0. The number of rotatable bonds is 7. The highest BCUT2D eigenvalue weighted by atomic mass is 35.5. The van der Waals surface area contributed by atoms with E-state index in [0.717, 1.165) is 31.8 Å². The molecule has 0 saturated carbocycles. The van der Waals surface area contributed by atoms with Gasteiger partial charge < -0.3 is 5.32 Å². The van der Waals surface area contributed by atoms with Gasteiger partial charge in [-0.2, -0.15) is 5.10 Å². The molecule has 0 amide bonds. The van der Waals surface area contributed by atoms with Gasteiger partial charge in [-0.05, 0) is 26.7 Å². The van der Waals surface area contributed by atoms with Crippen LogP contribution < -0.4 is 5.32 Å². The summed E-state index contributed by atoms with van der Waals surface area (Å²) in [4.78, 5) is 4.24. The van der Waals surface area contributed by atoms with E-state index >= 15 is 0 Å². The minimum Gasteiger partial charge on any atom is -0.305 e. The summed E-state index contributed by atoms with van der Waals surface area (Å²) in [5, 5.41) is 7.66. The Morgan fingerprint density at radius 3 is 2.81 bits per heavy atom. The molecule has 0 radical (unpaired) electrons. The maximum atomic E-state index is 5.81. The number of nitrogens with one attached hydrogen (secondary N) is 1. The molecule has 5 heteroatoms. The van der Waals surface area contributed by atoms with Crippen LogP contribution in [0.3, 0.4) is 0 Å². The lowest BCUT2D eigenvalue weighted by Gasteiger charge is -2.28. The van der Waals surface area contributed by atoms with Crippen molar-refractivity contribution >= 4 is 11.6 Å². The van der Waals surface area contributed by atoms with Crippen molar-refractivity contribution in [3.8, 4) is 0 Å². The Morgan fingerprint density at radius 1 is 1.50 bits per heavy atom. The Bertz CT molecular complexity index is 313. The molecule has 0 aromatic carbocycles. The van der Waals surface area contributed by atoms with E-state index in [4.69, 9.17) is 11.6 Å². The van der Waals surface area contributed by atoms with Gasteiger partial charge in [0.15, 0.2) is 0 Å². The lowest BCUT2D eigenvalue weighted by atomic mass is 9.95. The Balaban J connectivity index is 2.55. The van der Waals surface area contributed by atoms with Crippen molar-refractivity contribution in [2.75, 3.05) is 5.88 Å². The van der Waals surface area contributed by atoms with Crippen LogP contribution in [0.1, 0.15) is 39.4 Å². The molecule has 0 aliphatic carbocycles. The van der Waals surface area contributed by atoms with Crippen LogP contribution in [0.5, 0.6) is 0 Å². The SMILES string of the molecule is CCn1ncnc1CNC(C)(CC)CCCl. The summed E-state index contributed by atoms with van der Waals surface area (Å²) in [5.41, 5.74) is 0.0896. The predicted molar refractivity (Wildman–Crippen MR) is 66.6 cm³/mol. The van der Waals surface area contributed by atoms with Crippen LogP contribution in [-0.4, -0.2) is 26.2 Å². The summed E-state index contributed by atoms with van der Waals surface area (Å²) in [7, 11) is 0. The monoisotopic (exact) mass is 244 g/mol. The van der Waals surface area contributed by atoms with E-state index in [1.54, 1.807) is 6.33 Å². The van der Waals surface area contributed by atoms with Crippen LogP contribution in [0.4, 0.5) is 0 Å². The van der Waals surface area contributed by atoms with Gasteiger partial charge in [0.25, 0.3) is 0 Å². The van der Waals surface area contributed by atoms with Crippen molar-refractivity contribution in [2.24, 2.45) is 0 Å². The zero-order valence-electron chi connectivity index (χ0n) is 10.3. The van der Waals surface area contributed by atoms with Gasteiger partial charge in [0.05, 0.1) is 6.54 Å². The average Bonchev–Trinajstić information content (AvgIpc) is 2.74. The van der Waals surface area contributed by atoms with Gasteiger partial charge in [0.2, 0.25) is 0 Å². The quantitative estimate of drug-likeness (QED) is 0.748. The summed E-state index contributed by atoms with van der Waals surface area (Å²) >= 11 is 5.81. The zero-order chi connectivity index (χ0) is 12.0. The fraction of sp³-hybridized carbons (Fsp3) is 0.818. The molecule has 0 bridgehead atoms. The molecule has 1 rings (SSSR count). The Hall–Kier alpha value is -0.610. The second kappa shape index (κ2) is 6.21. The highest BCUT2D eigenvalue weighted by Gasteiger charge is 2.21. The largest absolute Gasteiger partial charge is 0.305 e. The molecule has 0 aliphatic heterocycles. The van der Waals surface area contributed by atoms with Gasteiger partial charge in [-0.15, -0.1) is 11.6 Å². The fourth-order valence-electron chi connectivity index (χ4n) is 1.58. The lowest BCUT2D eigenvalue weighted by Crippen LogP contribution is -2.42. The summed E-state index contributed by atoms with van der Waals surface area (Å²) in [6.45, 7) is 8.03. The minimum atomic E-state index is 0.0896. The van der Waals surface area contributed by atoms with E-state index in [1.807, 2.05) is 4.68 Å². The smallest absolute Gasteiger partial charge is 0.140 e. The molecule has 1 unspecified atom stereocenters. The summed E-state index contributed by atoms with van der Waals surface area (Å²) in [6, 6.07) is 0. The van der Waals surface area contributed by atoms with Crippen molar-refractivity contribution < 1.29 is 0 Å². The third-order valence-electron chi connectivity index (χ3n) is 3.10. The zero-order valence-corrected chi connectivity index (χ0v) is 11.1. The van der Waals surface area contributed by atoms with E-state index in [1.165, 1.54) is 0 Å². The molecule has 1 aromatic heterocycles. The number of hydrogen-bond acceptors (Lipinski definition) is 3. The van der Waals surface area contributed by atoms with Crippen LogP contribution in [0.25, 0.3) is 0 Å². The first kappa shape index (κ1) is 13.5. The molecule has 0 aliphatic rings. The molecule has 4 nitrogen and oxygen atoms in total. The number of aromatic nitrogens is 3. The van der Waals surface area contributed by atoms with E-state index in [9.17, 15) is 0 Å². The van der Waals surface area contributed by atoms with E-state index < -0.39 is 0 Å². The first-order valence-corrected chi connectivity index (χ1v) is 6.36. The molecule has 92 valence electrons. The predicted octanol–water partition coefficient (Wildman–Crippen LogP) is 2.19. The molecular weight excluding hydrogens is 224 g/mol. The molecule has 0 saturated heterocycles. The van der Waals surface area contributed by atoms with Crippen LogP contribution in [-0.2, 0) is 13.1 Å². The molecule has 0 fully saturated rings. The Morgan fingerprint density at radius 2 is 2.25 bits per heavy atom. The standard InChI is InChI=1S/C11H21ClN4/c1-4-11(3,6-7-12)14-8-10-13-9-15-16(10)5-2/h9,14H,4-8H2,1-3H3. The minimum absolute atomic E-state index is 0.0896. The maximum absolute atomic E-state index is 5.81. The van der Waals surface area contributed by atoms with E-state index in [0.29, 0.717) is 5.88 Å². The number of nitrogens with zero attached hydrogens (tertiary/aromatic N) is 3. The van der Waals surface area contributed by atoms with Crippen LogP contribution in [0.2, 0.25) is 0 Å². The van der Waals surface area contributed by atoms with Crippen molar-refractivity contribution in [3.63, 3.8) is 0 Å². The van der Waals surface area contributed by atoms with Gasteiger partial charge in [0.1, 0.15) is 12.2 Å². The highest BCUT2D eigenvalue weighted by Crippen LogP contribution is 2.15. The molecule has 1 aromatic rings. The van der Waals surface area contributed by atoms with Gasteiger partial charge in [-0.1, -0.05) is 6.92 Å². The average molecular weight is 245 g/mol. The number of alkyl halides is 1.